The van der Waals surface area contributed by atoms with Crippen molar-refractivity contribution in [1.29, 1.82) is 0 Å². The van der Waals surface area contributed by atoms with Gasteiger partial charge in [-0.25, -0.2) is 0 Å². The maximum absolute atomic E-state index is 14.6. The van der Waals surface area contributed by atoms with Crippen LogP contribution in [0.25, 0.3) is 0 Å². The number of nitrogens with one attached hydrogen (secondary N) is 1. The molecule has 4 aliphatic heterocycles. The number of rotatable bonds is 4. The number of carbonyl (C=O) groups is 2. The quantitative estimate of drug-likeness (QED) is 0.539. The minimum Gasteiger partial charge on any atom is -0.454 e. The van der Waals surface area contributed by atoms with Gasteiger partial charge < -0.3 is 14.8 Å². The van der Waals surface area contributed by atoms with E-state index in [0.29, 0.717) is 17.1 Å². The Hall–Kier alpha value is -3.64. The Morgan fingerprint density at radius 2 is 1.89 bits per heavy atom. The first-order valence-electron chi connectivity index (χ1n) is 12.8. The molecule has 6 heteroatoms. The van der Waals surface area contributed by atoms with Crippen LogP contribution in [-0.2, 0) is 16.8 Å². The number of Topliss-reactive ketones (excluding diaryl/α,β-unsaturated/α-hetero) is 1. The van der Waals surface area contributed by atoms with Crippen LogP contribution >= 0.6 is 0 Å². The SMILES string of the molecule is CCc1ccc2c(c1)[C@]1(C(=O)N2)C(C(=O)c2ccc3c(c2)OCO3)C(c2ccccc2)C2CCCN21. The molecule has 0 saturated carbocycles. The van der Waals surface area contributed by atoms with E-state index in [1.807, 2.05) is 30.3 Å². The summed E-state index contributed by atoms with van der Waals surface area (Å²) in [5.41, 5.74) is 3.54. The lowest BCUT2D eigenvalue weighted by Gasteiger charge is -2.37. The smallest absolute Gasteiger partial charge is 0.250 e. The van der Waals surface area contributed by atoms with Crippen LogP contribution in [0.15, 0.2) is 66.7 Å². The second kappa shape index (κ2) is 7.93. The van der Waals surface area contributed by atoms with Gasteiger partial charge in [-0.3, -0.25) is 14.5 Å². The van der Waals surface area contributed by atoms with E-state index in [-0.39, 0.29) is 30.4 Å². The minimum absolute atomic E-state index is 0.0264. The molecule has 7 rings (SSSR count). The van der Waals surface area contributed by atoms with Crippen LogP contribution in [0.5, 0.6) is 11.5 Å². The van der Waals surface area contributed by atoms with Crippen molar-refractivity contribution < 1.29 is 19.1 Å². The van der Waals surface area contributed by atoms with Gasteiger partial charge in [0.25, 0.3) is 0 Å². The highest BCUT2D eigenvalue weighted by atomic mass is 16.7. The summed E-state index contributed by atoms with van der Waals surface area (Å²) < 4.78 is 11.1. The Kier molecular flexibility index (Phi) is 4.77. The van der Waals surface area contributed by atoms with E-state index in [2.05, 4.69) is 41.4 Å². The number of ketones is 1. The fourth-order valence-electron chi connectivity index (χ4n) is 7.11. The molecule has 1 amide bonds. The number of ether oxygens (including phenoxy) is 2. The highest BCUT2D eigenvalue weighted by molar-refractivity contribution is 6.12. The molecule has 36 heavy (non-hydrogen) atoms. The third-order valence-electron chi connectivity index (χ3n) is 8.60. The van der Waals surface area contributed by atoms with E-state index in [1.54, 1.807) is 12.1 Å². The Morgan fingerprint density at radius 3 is 2.72 bits per heavy atom. The van der Waals surface area contributed by atoms with Crippen molar-refractivity contribution in [3.05, 3.63) is 89.0 Å². The van der Waals surface area contributed by atoms with Gasteiger partial charge in [-0.1, -0.05) is 49.4 Å². The molecule has 3 unspecified atom stereocenters. The third-order valence-corrected chi connectivity index (χ3v) is 8.60. The van der Waals surface area contributed by atoms with Crippen LogP contribution in [-0.4, -0.2) is 36.0 Å². The van der Waals surface area contributed by atoms with Gasteiger partial charge in [-0.05, 0) is 61.2 Å². The van der Waals surface area contributed by atoms with Gasteiger partial charge in [0.05, 0.1) is 5.92 Å². The fourth-order valence-corrected chi connectivity index (χ4v) is 7.11. The fraction of sp³-hybridized carbons (Fsp3) is 0.333. The monoisotopic (exact) mass is 480 g/mol. The largest absolute Gasteiger partial charge is 0.454 e. The summed E-state index contributed by atoms with van der Waals surface area (Å²) in [7, 11) is 0. The number of hydrogen-bond donors (Lipinski definition) is 1. The number of carbonyl (C=O) groups excluding carboxylic acids is 2. The van der Waals surface area contributed by atoms with Crippen LogP contribution in [0, 0.1) is 5.92 Å². The van der Waals surface area contributed by atoms with Gasteiger partial charge in [0.15, 0.2) is 17.3 Å². The van der Waals surface area contributed by atoms with E-state index < -0.39 is 11.5 Å². The van der Waals surface area contributed by atoms with Crippen LogP contribution in [0.3, 0.4) is 0 Å². The molecule has 2 saturated heterocycles. The number of amides is 1. The van der Waals surface area contributed by atoms with Crippen molar-refractivity contribution in [3.63, 3.8) is 0 Å². The van der Waals surface area contributed by atoms with Gasteiger partial charge in [-0.2, -0.15) is 0 Å². The van der Waals surface area contributed by atoms with Gasteiger partial charge in [0.2, 0.25) is 12.7 Å². The average molecular weight is 481 g/mol. The Morgan fingerprint density at radius 1 is 1.06 bits per heavy atom. The van der Waals surface area contributed by atoms with Crippen molar-refractivity contribution >= 4 is 17.4 Å². The summed E-state index contributed by atoms with van der Waals surface area (Å²) in [6, 6.07) is 22.0. The lowest BCUT2D eigenvalue weighted by Crippen LogP contribution is -2.52. The first-order valence-corrected chi connectivity index (χ1v) is 12.8. The number of benzene rings is 3. The Bertz CT molecular complexity index is 1390. The van der Waals surface area contributed by atoms with Crippen LogP contribution in [0.4, 0.5) is 5.69 Å². The van der Waals surface area contributed by atoms with Gasteiger partial charge in [0, 0.05) is 28.8 Å². The van der Waals surface area contributed by atoms with Crippen molar-refractivity contribution in [3.8, 4) is 11.5 Å². The van der Waals surface area contributed by atoms with Crippen molar-refractivity contribution in [2.75, 3.05) is 18.7 Å². The van der Waals surface area contributed by atoms with Crippen LogP contribution in [0.2, 0.25) is 0 Å². The molecule has 3 aromatic carbocycles. The van der Waals surface area contributed by atoms with E-state index in [4.69, 9.17) is 9.47 Å². The molecule has 3 aromatic rings. The second-order valence-corrected chi connectivity index (χ2v) is 10.2. The van der Waals surface area contributed by atoms with Crippen LogP contribution < -0.4 is 14.8 Å². The Balaban J connectivity index is 1.47. The van der Waals surface area contributed by atoms with Crippen molar-refractivity contribution in [1.82, 2.24) is 4.90 Å². The van der Waals surface area contributed by atoms with Crippen molar-refractivity contribution in [2.24, 2.45) is 5.92 Å². The number of fused-ring (bicyclic) bond motifs is 5. The van der Waals surface area contributed by atoms with E-state index in [9.17, 15) is 9.59 Å². The molecule has 2 fully saturated rings. The molecule has 4 heterocycles. The highest BCUT2D eigenvalue weighted by Crippen LogP contribution is 2.61. The zero-order valence-corrected chi connectivity index (χ0v) is 20.2. The van der Waals surface area contributed by atoms with E-state index in [1.165, 1.54) is 0 Å². The molecule has 182 valence electrons. The molecule has 0 aliphatic carbocycles. The van der Waals surface area contributed by atoms with E-state index >= 15 is 0 Å². The van der Waals surface area contributed by atoms with Crippen molar-refractivity contribution in [2.45, 2.75) is 43.7 Å². The molecule has 4 atom stereocenters. The molecule has 4 aliphatic rings. The molecule has 0 bridgehead atoms. The Labute approximate surface area is 210 Å². The summed E-state index contributed by atoms with van der Waals surface area (Å²) in [6.07, 6.45) is 2.84. The summed E-state index contributed by atoms with van der Waals surface area (Å²) in [5.74, 6) is 0.433. The van der Waals surface area contributed by atoms with Crippen LogP contribution in [0.1, 0.15) is 52.7 Å². The minimum atomic E-state index is -1.05. The normalized spacial score (nSPS) is 27.8. The first kappa shape index (κ1) is 21.6. The maximum Gasteiger partial charge on any atom is 0.250 e. The molecular formula is C30H28N2O4. The van der Waals surface area contributed by atoms with Gasteiger partial charge in [0.1, 0.15) is 5.54 Å². The molecule has 6 nitrogen and oxygen atoms in total. The number of anilines is 1. The number of hydrogen-bond acceptors (Lipinski definition) is 5. The lowest BCUT2D eigenvalue weighted by molar-refractivity contribution is -0.127. The lowest BCUT2D eigenvalue weighted by atomic mass is 9.68. The summed E-state index contributed by atoms with van der Waals surface area (Å²) in [5, 5.41) is 3.17. The summed E-state index contributed by atoms with van der Waals surface area (Å²) >= 11 is 0. The third kappa shape index (κ3) is 2.82. The average Bonchev–Trinajstić information content (AvgIpc) is 3.68. The predicted octanol–water partition coefficient (Wildman–Crippen LogP) is 4.89. The molecule has 0 radical (unpaired) electrons. The molecule has 1 N–H and O–H groups in total. The maximum atomic E-state index is 14.6. The zero-order valence-electron chi connectivity index (χ0n) is 20.2. The number of nitrogens with zero attached hydrogens (tertiary/aromatic N) is 1. The second-order valence-electron chi connectivity index (χ2n) is 10.2. The number of aryl methyl sites for hydroxylation is 1. The topological polar surface area (TPSA) is 67.9 Å². The molecular weight excluding hydrogens is 452 g/mol. The standard InChI is InChI=1S/C30H28N2O4/c1-2-18-10-12-22-21(15-18)30(29(34)31-22)27(28(33)20-11-13-24-25(16-20)36-17-35-24)26(19-7-4-3-5-8-19)23-9-6-14-32(23)30/h3-5,7-8,10-13,15-16,23,26-27H,2,6,9,14,17H2,1H3,(H,31,34)/t23?,26?,27?,30-/m1/s1. The van der Waals surface area contributed by atoms with E-state index in [0.717, 1.165) is 48.2 Å². The highest BCUT2D eigenvalue weighted by Gasteiger charge is 2.69. The zero-order chi connectivity index (χ0) is 24.4. The first-order chi connectivity index (χ1) is 17.6. The molecule has 1 spiro atoms. The summed E-state index contributed by atoms with van der Waals surface area (Å²) in [6.45, 7) is 3.06. The van der Waals surface area contributed by atoms with Gasteiger partial charge >= 0.3 is 0 Å². The summed E-state index contributed by atoms with van der Waals surface area (Å²) in [4.78, 5) is 31.1. The predicted molar refractivity (Wildman–Crippen MR) is 135 cm³/mol. The molecule has 0 aromatic heterocycles. The van der Waals surface area contributed by atoms with Gasteiger partial charge in [-0.15, -0.1) is 0 Å².